The van der Waals surface area contributed by atoms with Gasteiger partial charge in [-0.25, -0.2) is 0 Å². The highest BCUT2D eigenvalue weighted by Gasteiger charge is 2.66. The number of ether oxygens (including phenoxy) is 1. The zero-order valence-electron chi connectivity index (χ0n) is 12.2. The number of epoxide rings is 1. The van der Waals surface area contributed by atoms with Crippen LogP contribution in [0, 0.1) is 16.7 Å². The van der Waals surface area contributed by atoms with Crippen molar-refractivity contribution in [3.63, 3.8) is 0 Å². The summed E-state index contributed by atoms with van der Waals surface area (Å²) in [6.45, 7) is 4.24. The van der Waals surface area contributed by atoms with Crippen LogP contribution in [0.3, 0.4) is 0 Å². The van der Waals surface area contributed by atoms with E-state index in [4.69, 9.17) is 4.74 Å². The van der Waals surface area contributed by atoms with E-state index in [9.17, 15) is 9.90 Å². The highest BCUT2D eigenvalue weighted by molar-refractivity contribution is 5.76. The van der Waals surface area contributed by atoms with Gasteiger partial charge in [0.2, 0.25) is 0 Å². The third kappa shape index (κ3) is 2.01. The molecule has 0 bridgehead atoms. The molecule has 0 spiro atoms. The molecular weight excluding hydrogens is 240 g/mol. The van der Waals surface area contributed by atoms with Gasteiger partial charge in [0.1, 0.15) is 0 Å². The van der Waals surface area contributed by atoms with E-state index < -0.39 is 11.4 Å². The van der Waals surface area contributed by atoms with Crippen LogP contribution >= 0.6 is 0 Å². The minimum absolute atomic E-state index is 0.181. The van der Waals surface area contributed by atoms with Crippen LogP contribution in [0.1, 0.15) is 65.2 Å². The van der Waals surface area contributed by atoms with Crippen molar-refractivity contribution in [1.82, 2.24) is 0 Å². The molecule has 1 saturated heterocycles. The summed E-state index contributed by atoms with van der Waals surface area (Å²) in [4.78, 5) is 12.1. The number of hydrogen-bond donors (Lipinski definition) is 1. The lowest BCUT2D eigenvalue weighted by molar-refractivity contribution is -0.163. The first-order chi connectivity index (χ1) is 8.97. The Hall–Kier alpha value is -0.570. The minimum Gasteiger partial charge on any atom is -0.481 e. The molecule has 0 aromatic rings. The molecule has 2 aliphatic carbocycles. The van der Waals surface area contributed by atoms with Gasteiger partial charge in [0.15, 0.2) is 0 Å². The van der Waals surface area contributed by atoms with Crippen LogP contribution in [0.15, 0.2) is 0 Å². The molecule has 0 aromatic heterocycles. The first kappa shape index (κ1) is 13.4. The summed E-state index contributed by atoms with van der Waals surface area (Å²) in [6.07, 6.45) is 9.46. The molecular formula is C16H26O3. The Bertz CT molecular complexity index is 370. The maximum absolute atomic E-state index is 12.1. The molecule has 0 radical (unpaired) electrons. The maximum Gasteiger partial charge on any atom is 0.310 e. The third-order valence-electron chi connectivity index (χ3n) is 6.15. The van der Waals surface area contributed by atoms with Crippen molar-refractivity contribution in [3.8, 4) is 0 Å². The average Bonchev–Trinajstić information content (AvgIpc) is 3.15. The number of carboxylic acid groups (broad SMARTS) is 1. The van der Waals surface area contributed by atoms with Crippen molar-refractivity contribution >= 4 is 5.97 Å². The molecule has 3 atom stereocenters. The van der Waals surface area contributed by atoms with Crippen LogP contribution in [0.2, 0.25) is 0 Å². The molecule has 1 N–H and O–H groups in total. The Labute approximate surface area is 115 Å². The fourth-order valence-electron chi connectivity index (χ4n) is 4.70. The second-order valence-corrected chi connectivity index (χ2v) is 7.45. The van der Waals surface area contributed by atoms with Gasteiger partial charge in [0.05, 0.1) is 17.6 Å². The van der Waals surface area contributed by atoms with Gasteiger partial charge in [0.25, 0.3) is 0 Å². The molecule has 2 saturated carbocycles. The fraction of sp³-hybridized carbons (Fsp3) is 0.938. The van der Waals surface area contributed by atoms with Crippen molar-refractivity contribution < 1.29 is 14.6 Å². The maximum atomic E-state index is 12.1. The topological polar surface area (TPSA) is 49.8 Å². The van der Waals surface area contributed by atoms with Crippen LogP contribution in [0.25, 0.3) is 0 Å². The number of fused-ring (bicyclic) bond motifs is 1. The Morgan fingerprint density at radius 2 is 1.89 bits per heavy atom. The molecule has 3 unspecified atom stereocenters. The minimum atomic E-state index is -0.586. The van der Waals surface area contributed by atoms with E-state index in [1.165, 1.54) is 32.1 Å². The summed E-state index contributed by atoms with van der Waals surface area (Å²) in [5.41, 5.74) is -0.786. The van der Waals surface area contributed by atoms with E-state index in [0.717, 1.165) is 19.3 Å². The summed E-state index contributed by atoms with van der Waals surface area (Å²) >= 11 is 0. The Kier molecular flexibility index (Phi) is 3.16. The van der Waals surface area contributed by atoms with Crippen molar-refractivity contribution in [2.75, 3.05) is 0 Å². The van der Waals surface area contributed by atoms with Gasteiger partial charge in [-0.1, -0.05) is 46.0 Å². The molecule has 3 nitrogen and oxygen atoms in total. The number of rotatable bonds is 3. The van der Waals surface area contributed by atoms with Crippen LogP contribution in [0.5, 0.6) is 0 Å². The quantitative estimate of drug-likeness (QED) is 0.794. The molecule has 3 rings (SSSR count). The number of hydrogen-bond acceptors (Lipinski definition) is 2. The van der Waals surface area contributed by atoms with E-state index in [0.29, 0.717) is 12.0 Å². The second kappa shape index (κ2) is 4.47. The van der Waals surface area contributed by atoms with E-state index in [-0.39, 0.29) is 11.5 Å². The molecule has 3 fully saturated rings. The predicted molar refractivity (Wildman–Crippen MR) is 72.9 cm³/mol. The number of carboxylic acids is 1. The Morgan fingerprint density at radius 3 is 2.53 bits per heavy atom. The van der Waals surface area contributed by atoms with Gasteiger partial charge >= 0.3 is 5.97 Å². The van der Waals surface area contributed by atoms with Gasteiger partial charge in [0, 0.05) is 5.41 Å². The highest BCUT2D eigenvalue weighted by Crippen LogP contribution is 2.61. The van der Waals surface area contributed by atoms with Gasteiger partial charge in [-0.2, -0.15) is 0 Å². The standard InChI is InChI=1S/C16H26O3/c1-15(2)13-12(19-13)8-9-16(15,14(17)18)10-11-6-4-3-5-7-11/h11-13H,3-10H2,1-2H3,(H,17,18). The van der Waals surface area contributed by atoms with Crippen molar-refractivity contribution in [3.05, 3.63) is 0 Å². The molecule has 108 valence electrons. The SMILES string of the molecule is CC1(C)C2OC2CCC1(CC1CCCCC1)C(=O)O. The summed E-state index contributed by atoms with van der Waals surface area (Å²) in [7, 11) is 0. The van der Waals surface area contributed by atoms with E-state index in [2.05, 4.69) is 13.8 Å². The summed E-state index contributed by atoms with van der Waals surface area (Å²) < 4.78 is 5.72. The molecule has 0 aromatic carbocycles. The summed E-state index contributed by atoms with van der Waals surface area (Å²) in [5, 5.41) is 9.94. The molecule has 0 amide bonds. The van der Waals surface area contributed by atoms with Crippen molar-refractivity contribution in [2.24, 2.45) is 16.7 Å². The lowest BCUT2D eigenvalue weighted by atomic mass is 9.54. The first-order valence-electron chi connectivity index (χ1n) is 7.86. The molecule has 19 heavy (non-hydrogen) atoms. The predicted octanol–water partition coefficient (Wildman–Crippen LogP) is 3.62. The van der Waals surface area contributed by atoms with Crippen LogP contribution in [-0.4, -0.2) is 23.3 Å². The first-order valence-corrected chi connectivity index (χ1v) is 7.86. The Morgan fingerprint density at radius 1 is 1.21 bits per heavy atom. The van der Waals surface area contributed by atoms with Gasteiger partial charge in [-0.3, -0.25) is 4.79 Å². The highest BCUT2D eigenvalue weighted by atomic mass is 16.6. The fourth-order valence-corrected chi connectivity index (χ4v) is 4.70. The third-order valence-corrected chi connectivity index (χ3v) is 6.15. The summed E-state index contributed by atoms with van der Waals surface area (Å²) in [6, 6.07) is 0. The largest absolute Gasteiger partial charge is 0.481 e. The zero-order chi connectivity index (χ0) is 13.7. The zero-order valence-corrected chi connectivity index (χ0v) is 12.2. The Balaban J connectivity index is 1.83. The number of carbonyl (C=O) groups is 1. The smallest absolute Gasteiger partial charge is 0.310 e. The summed E-state index contributed by atoms with van der Waals surface area (Å²) in [5.74, 6) is 0.0245. The van der Waals surface area contributed by atoms with Gasteiger partial charge in [-0.05, 0) is 25.2 Å². The van der Waals surface area contributed by atoms with Crippen LogP contribution in [0.4, 0.5) is 0 Å². The van der Waals surface area contributed by atoms with E-state index >= 15 is 0 Å². The molecule has 3 heteroatoms. The number of aliphatic carboxylic acids is 1. The van der Waals surface area contributed by atoms with Gasteiger partial charge in [-0.15, -0.1) is 0 Å². The lowest BCUT2D eigenvalue weighted by Crippen LogP contribution is -2.51. The second-order valence-electron chi connectivity index (χ2n) is 7.45. The van der Waals surface area contributed by atoms with Gasteiger partial charge < -0.3 is 9.84 Å². The van der Waals surface area contributed by atoms with E-state index in [1.54, 1.807) is 0 Å². The molecule has 1 aliphatic heterocycles. The normalized spacial score (nSPS) is 41.6. The van der Waals surface area contributed by atoms with Crippen LogP contribution in [-0.2, 0) is 9.53 Å². The van der Waals surface area contributed by atoms with Crippen LogP contribution < -0.4 is 0 Å². The lowest BCUT2D eigenvalue weighted by Gasteiger charge is -2.47. The van der Waals surface area contributed by atoms with Crippen molar-refractivity contribution in [1.29, 1.82) is 0 Å². The average molecular weight is 266 g/mol. The van der Waals surface area contributed by atoms with E-state index in [1.807, 2.05) is 0 Å². The van der Waals surface area contributed by atoms with Crippen molar-refractivity contribution in [2.45, 2.75) is 77.4 Å². The molecule has 3 aliphatic rings. The molecule has 1 heterocycles. The monoisotopic (exact) mass is 266 g/mol.